The highest BCUT2D eigenvalue weighted by Gasteiger charge is 2.06. The lowest BCUT2D eigenvalue weighted by Crippen LogP contribution is -2.41. The highest BCUT2D eigenvalue weighted by molar-refractivity contribution is 5.79. The number of hydrogen-bond donors (Lipinski definition) is 2. The maximum absolute atomic E-state index is 5.78. The number of nitrogens with zero attached hydrogens (tertiary/aromatic N) is 3. The van der Waals surface area contributed by atoms with Gasteiger partial charge in [-0.1, -0.05) is 30.3 Å². The molecule has 0 aliphatic rings. The van der Waals surface area contributed by atoms with E-state index >= 15 is 0 Å². The Labute approximate surface area is 166 Å². The second-order valence-electron chi connectivity index (χ2n) is 6.62. The van der Waals surface area contributed by atoms with E-state index in [1.54, 1.807) is 0 Å². The maximum atomic E-state index is 5.78. The number of H-pyrrole nitrogens is 1. The number of fused-ring (bicyclic) bond motifs is 1. The van der Waals surface area contributed by atoms with Crippen molar-refractivity contribution in [3.05, 3.63) is 60.4 Å². The van der Waals surface area contributed by atoms with Crippen LogP contribution in [-0.4, -0.2) is 54.1 Å². The lowest BCUT2D eigenvalue weighted by Gasteiger charge is -2.22. The molecule has 3 aromatic rings. The lowest BCUT2D eigenvalue weighted by atomic mass is 10.3. The third kappa shape index (κ3) is 5.74. The number of ether oxygens (including phenoxy) is 1. The summed E-state index contributed by atoms with van der Waals surface area (Å²) < 4.78 is 5.78. The molecule has 0 bridgehead atoms. The number of benzene rings is 2. The fraction of sp³-hybridized carbons (Fsp3) is 0.364. The Balaban J connectivity index is 1.45. The molecule has 3 rings (SSSR count). The first kappa shape index (κ1) is 19.7. The summed E-state index contributed by atoms with van der Waals surface area (Å²) in [4.78, 5) is 14.8. The van der Waals surface area contributed by atoms with Crippen molar-refractivity contribution in [2.75, 3.05) is 33.3 Å². The Bertz CT molecular complexity index is 842. The van der Waals surface area contributed by atoms with Gasteiger partial charge in [-0.2, -0.15) is 0 Å². The minimum atomic E-state index is 0.615. The van der Waals surface area contributed by atoms with Gasteiger partial charge in [0.05, 0.1) is 17.6 Å². The van der Waals surface area contributed by atoms with Gasteiger partial charge in [0.2, 0.25) is 0 Å². The second kappa shape index (κ2) is 10.3. The monoisotopic (exact) mass is 379 g/mol. The number of likely N-dealkylation sites (N-methyl/N-ethyl adjacent to an activating group) is 1. The quantitative estimate of drug-likeness (QED) is 0.339. The van der Waals surface area contributed by atoms with Gasteiger partial charge in [-0.3, -0.25) is 4.99 Å². The molecular formula is C22H29N5O. The van der Waals surface area contributed by atoms with Gasteiger partial charge in [0, 0.05) is 26.6 Å². The number of hydrogen-bond acceptors (Lipinski definition) is 3. The number of aryl methyl sites for hydroxylation is 1. The molecular weight excluding hydrogens is 350 g/mol. The van der Waals surface area contributed by atoms with Crippen molar-refractivity contribution in [1.82, 2.24) is 20.2 Å². The number of aromatic nitrogens is 2. The number of para-hydroxylation sites is 3. The number of rotatable bonds is 9. The molecule has 0 amide bonds. The topological polar surface area (TPSA) is 65.5 Å². The van der Waals surface area contributed by atoms with Crippen molar-refractivity contribution in [3.63, 3.8) is 0 Å². The van der Waals surface area contributed by atoms with Crippen LogP contribution in [0.5, 0.6) is 5.75 Å². The second-order valence-corrected chi connectivity index (χ2v) is 6.62. The molecule has 0 aliphatic heterocycles. The summed E-state index contributed by atoms with van der Waals surface area (Å²) in [5, 5.41) is 3.35. The summed E-state index contributed by atoms with van der Waals surface area (Å²) in [7, 11) is 2.04. The van der Waals surface area contributed by atoms with Gasteiger partial charge < -0.3 is 19.9 Å². The molecule has 6 heteroatoms. The molecule has 2 aromatic carbocycles. The fourth-order valence-electron chi connectivity index (χ4n) is 2.95. The zero-order valence-corrected chi connectivity index (χ0v) is 16.7. The van der Waals surface area contributed by atoms with Crippen LogP contribution in [-0.2, 0) is 6.42 Å². The molecule has 0 spiro atoms. The molecule has 0 atom stereocenters. The minimum Gasteiger partial charge on any atom is -0.492 e. The van der Waals surface area contributed by atoms with Crippen molar-refractivity contribution in [2.45, 2.75) is 19.8 Å². The minimum absolute atomic E-state index is 0.615. The van der Waals surface area contributed by atoms with Crippen LogP contribution in [0.1, 0.15) is 19.2 Å². The van der Waals surface area contributed by atoms with Crippen molar-refractivity contribution < 1.29 is 4.74 Å². The van der Waals surface area contributed by atoms with Crippen molar-refractivity contribution >= 4 is 17.0 Å². The maximum Gasteiger partial charge on any atom is 0.193 e. The van der Waals surface area contributed by atoms with Crippen LogP contribution in [0.25, 0.3) is 11.0 Å². The van der Waals surface area contributed by atoms with Crippen LogP contribution in [0.4, 0.5) is 0 Å². The molecule has 0 radical (unpaired) electrons. The predicted molar refractivity (Wildman–Crippen MR) is 115 cm³/mol. The summed E-state index contributed by atoms with van der Waals surface area (Å²) in [6, 6.07) is 18.0. The number of aliphatic imine (C=N–C) groups is 1. The number of aromatic amines is 1. The summed E-state index contributed by atoms with van der Waals surface area (Å²) >= 11 is 0. The SMILES string of the molecule is CCNC(=NCCCc1nc2ccccc2[nH]1)N(C)CCOc1ccccc1. The Morgan fingerprint density at radius 2 is 1.93 bits per heavy atom. The van der Waals surface area contributed by atoms with Gasteiger partial charge >= 0.3 is 0 Å². The summed E-state index contributed by atoms with van der Waals surface area (Å²) in [6.07, 6.45) is 1.83. The van der Waals surface area contributed by atoms with Crippen LogP contribution in [0.15, 0.2) is 59.6 Å². The summed E-state index contributed by atoms with van der Waals surface area (Å²) in [5.41, 5.74) is 2.11. The third-order valence-corrected chi connectivity index (χ3v) is 4.41. The average molecular weight is 380 g/mol. The van der Waals surface area contributed by atoms with Gasteiger partial charge in [-0.05, 0) is 37.6 Å². The normalized spacial score (nSPS) is 11.6. The van der Waals surface area contributed by atoms with Crippen LogP contribution in [0.2, 0.25) is 0 Å². The van der Waals surface area contributed by atoms with Crippen LogP contribution < -0.4 is 10.1 Å². The zero-order chi connectivity index (χ0) is 19.6. The van der Waals surface area contributed by atoms with E-state index in [4.69, 9.17) is 9.73 Å². The standard InChI is InChI=1S/C22H29N5O/c1-3-23-22(27(2)16-17-28-18-10-5-4-6-11-18)24-15-9-14-21-25-19-12-7-8-13-20(19)26-21/h4-8,10-13H,3,9,14-17H2,1-2H3,(H,23,24)(H,25,26). The van der Waals surface area contributed by atoms with Crippen molar-refractivity contribution in [1.29, 1.82) is 0 Å². The predicted octanol–water partition coefficient (Wildman–Crippen LogP) is 3.47. The Kier molecular flexibility index (Phi) is 7.29. The van der Waals surface area contributed by atoms with E-state index in [0.717, 1.165) is 61.0 Å². The van der Waals surface area contributed by atoms with Gasteiger partial charge in [0.1, 0.15) is 18.2 Å². The summed E-state index contributed by atoms with van der Waals surface area (Å²) in [6.45, 7) is 5.06. The van der Waals surface area contributed by atoms with Crippen LogP contribution in [0, 0.1) is 0 Å². The smallest absolute Gasteiger partial charge is 0.193 e. The van der Waals surface area contributed by atoms with Gasteiger partial charge in [-0.15, -0.1) is 0 Å². The highest BCUT2D eigenvalue weighted by atomic mass is 16.5. The number of nitrogens with one attached hydrogen (secondary N) is 2. The fourth-order valence-corrected chi connectivity index (χ4v) is 2.95. The molecule has 6 nitrogen and oxygen atoms in total. The van der Waals surface area contributed by atoms with Gasteiger partial charge in [-0.25, -0.2) is 4.98 Å². The van der Waals surface area contributed by atoms with Crippen molar-refractivity contribution in [2.24, 2.45) is 4.99 Å². The zero-order valence-electron chi connectivity index (χ0n) is 16.7. The van der Waals surface area contributed by atoms with Crippen LogP contribution in [0.3, 0.4) is 0 Å². The largest absolute Gasteiger partial charge is 0.492 e. The van der Waals surface area contributed by atoms with E-state index in [0.29, 0.717) is 6.61 Å². The molecule has 0 unspecified atom stereocenters. The number of guanidine groups is 1. The molecule has 2 N–H and O–H groups in total. The third-order valence-electron chi connectivity index (χ3n) is 4.41. The van der Waals surface area contributed by atoms with E-state index < -0.39 is 0 Å². The molecule has 0 saturated carbocycles. The highest BCUT2D eigenvalue weighted by Crippen LogP contribution is 2.11. The molecule has 0 fully saturated rings. The van der Waals surface area contributed by atoms with E-state index in [-0.39, 0.29) is 0 Å². The van der Waals surface area contributed by atoms with E-state index in [1.165, 1.54) is 0 Å². The molecule has 28 heavy (non-hydrogen) atoms. The molecule has 1 aromatic heterocycles. The van der Waals surface area contributed by atoms with Crippen LogP contribution >= 0.6 is 0 Å². The lowest BCUT2D eigenvalue weighted by molar-refractivity contribution is 0.281. The first-order valence-electron chi connectivity index (χ1n) is 9.87. The molecule has 1 heterocycles. The van der Waals surface area contributed by atoms with Crippen molar-refractivity contribution in [3.8, 4) is 5.75 Å². The van der Waals surface area contributed by atoms with Gasteiger partial charge in [0.25, 0.3) is 0 Å². The van der Waals surface area contributed by atoms with Gasteiger partial charge in [0.15, 0.2) is 5.96 Å². The first-order chi connectivity index (χ1) is 13.8. The van der Waals surface area contributed by atoms with E-state index in [2.05, 4.69) is 33.2 Å². The van der Waals surface area contributed by atoms with E-state index in [1.807, 2.05) is 55.6 Å². The Hall–Kier alpha value is -3.02. The Morgan fingerprint density at radius 1 is 1.14 bits per heavy atom. The van der Waals surface area contributed by atoms with E-state index in [9.17, 15) is 0 Å². The Morgan fingerprint density at radius 3 is 2.71 bits per heavy atom. The summed E-state index contributed by atoms with van der Waals surface area (Å²) in [5.74, 6) is 2.82. The molecule has 148 valence electrons. The molecule has 0 aliphatic carbocycles. The number of imidazole rings is 1. The molecule has 0 saturated heterocycles. The average Bonchev–Trinajstić information content (AvgIpc) is 3.14. The first-order valence-corrected chi connectivity index (χ1v) is 9.87.